The zero-order valence-electron chi connectivity index (χ0n) is 14.1. The summed E-state index contributed by atoms with van der Waals surface area (Å²) in [6.07, 6.45) is 3.93. The van der Waals surface area contributed by atoms with Crippen LogP contribution in [-0.4, -0.2) is 52.4 Å². The number of ether oxygens (including phenoxy) is 1. The number of aryl methyl sites for hydroxylation is 2. The first-order chi connectivity index (χ1) is 10.4. The maximum atomic E-state index is 5.29. The third-order valence-electron chi connectivity index (χ3n) is 3.60. The summed E-state index contributed by atoms with van der Waals surface area (Å²) in [6, 6.07) is 0.203. The fourth-order valence-electron chi connectivity index (χ4n) is 2.38. The minimum atomic E-state index is 0.203. The molecule has 7 heteroatoms. The number of hydrogen-bond acceptors (Lipinski definition) is 6. The summed E-state index contributed by atoms with van der Waals surface area (Å²) in [6.45, 7) is 4.53. The largest absolute Gasteiger partial charge is 0.481 e. The first-order valence-corrected chi connectivity index (χ1v) is 7.20. The molecule has 2 aromatic heterocycles. The lowest BCUT2D eigenvalue weighted by atomic mass is 10.1. The molecule has 0 bridgehead atoms. The summed E-state index contributed by atoms with van der Waals surface area (Å²) >= 11 is 0. The van der Waals surface area contributed by atoms with E-state index in [0.29, 0.717) is 11.7 Å². The quantitative estimate of drug-likeness (QED) is 0.873. The summed E-state index contributed by atoms with van der Waals surface area (Å²) in [5, 5.41) is 7.66. The van der Waals surface area contributed by atoms with E-state index in [2.05, 4.69) is 39.4 Å². The molecule has 0 aliphatic rings. The molecule has 2 rings (SSSR count). The van der Waals surface area contributed by atoms with Crippen LogP contribution in [0.1, 0.15) is 23.0 Å². The Morgan fingerprint density at radius 3 is 2.59 bits per heavy atom. The van der Waals surface area contributed by atoms with Gasteiger partial charge in [0.2, 0.25) is 5.88 Å². The molecule has 22 heavy (non-hydrogen) atoms. The van der Waals surface area contributed by atoms with E-state index in [-0.39, 0.29) is 6.04 Å². The maximum Gasteiger partial charge on any atom is 0.221 e. The molecule has 0 aromatic carbocycles. The molecule has 1 unspecified atom stereocenters. The summed E-state index contributed by atoms with van der Waals surface area (Å²) in [5.41, 5.74) is 2.08. The van der Waals surface area contributed by atoms with E-state index >= 15 is 0 Å². The van der Waals surface area contributed by atoms with Gasteiger partial charge in [0.15, 0.2) is 0 Å². The predicted molar refractivity (Wildman–Crippen MR) is 86.2 cm³/mol. The van der Waals surface area contributed by atoms with E-state index < -0.39 is 0 Å². The van der Waals surface area contributed by atoms with Crippen molar-refractivity contribution < 1.29 is 4.74 Å². The van der Waals surface area contributed by atoms with E-state index in [4.69, 9.17) is 4.74 Å². The normalized spacial score (nSPS) is 12.5. The molecule has 0 fully saturated rings. The van der Waals surface area contributed by atoms with Gasteiger partial charge in [0, 0.05) is 25.4 Å². The highest BCUT2D eigenvalue weighted by Crippen LogP contribution is 2.23. The SMILES string of the molecule is COc1nc(C)nc(NCC(c2cnn(C)c2)N(C)C)c1C. The second-order valence-electron chi connectivity index (χ2n) is 5.56. The second kappa shape index (κ2) is 6.74. The van der Waals surface area contributed by atoms with Gasteiger partial charge in [-0.05, 0) is 27.9 Å². The van der Waals surface area contributed by atoms with E-state index in [9.17, 15) is 0 Å². The Balaban J connectivity index is 2.18. The summed E-state index contributed by atoms with van der Waals surface area (Å²) < 4.78 is 7.11. The van der Waals surface area contributed by atoms with Crippen molar-refractivity contribution in [3.05, 3.63) is 29.3 Å². The van der Waals surface area contributed by atoms with Crippen LogP contribution >= 0.6 is 0 Å². The van der Waals surface area contributed by atoms with Gasteiger partial charge < -0.3 is 15.0 Å². The zero-order valence-corrected chi connectivity index (χ0v) is 14.1. The van der Waals surface area contributed by atoms with Gasteiger partial charge in [-0.1, -0.05) is 0 Å². The van der Waals surface area contributed by atoms with Crippen molar-refractivity contribution in [2.75, 3.05) is 33.1 Å². The molecular formula is C15H24N6O. The number of methoxy groups -OCH3 is 1. The highest BCUT2D eigenvalue weighted by atomic mass is 16.5. The van der Waals surface area contributed by atoms with E-state index in [1.54, 1.807) is 7.11 Å². The van der Waals surface area contributed by atoms with Gasteiger partial charge in [-0.25, -0.2) is 4.98 Å². The molecule has 0 saturated carbocycles. The molecule has 120 valence electrons. The Hall–Kier alpha value is -2.15. The van der Waals surface area contributed by atoms with E-state index in [1.807, 2.05) is 38.0 Å². The third-order valence-corrected chi connectivity index (χ3v) is 3.60. The van der Waals surface area contributed by atoms with Crippen molar-refractivity contribution in [1.29, 1.82) is 0 Å². The van der Waals surface area contributed by atoms with Gasteiger partial charge in [-0.3, -0.25) is 4.68 Å². The minimum Gasteiger partial charge on any atom is -0.481 e. The van der Waals surface area contributed by atoms with E-state index in [0.717, 1.165) is 23.5 Å². The smallest absolute Gasteiger partial charge is 0.221 e. The molecule has 7 nitrogen and oxygen atoms in total. The van der Waals surface area contributed by atoms with Gasteiger partial charge in [0.1, 0.15) is 11.6 Å². The van der Waals surface area contributed by atoms with Crippen molar-refractivity contribution >= 4 is 5.82 Å². The predicted octanol–water partition coefficient (Wildman–Crippen LogP) is 1.55. The van der Waals surface area contributed by atoms with Gasteiger partial charge in [0.25, 0.3) is 0 Å². The Morgan fingerprint density at radius 1 is 1.32 bits per heavy atom. The molecule has 0 radical (unpaired) electrons. The second-order valence-corrected chi connectivity index (χ2v) is 5.56. The van der Waals surface area contributed by atoms with Gasteiger partial charge >= 0.3 is 0 Å². The first-order valence-electron chi connectivity index (χ1n) is 7.20. The van der Waals surface area contributed by atoms with Crippen LogP contribution in [0.3, 0.4) is 0 Å². The number of anilines is 1. The van der Waals surface area contributed by atoms with Crippen LogP contribution in [0.5, 0.6) is 5.88 Å². The number of rotatable bonds is 6. The lowest BCUT2D eigenvalue weighted by Gasteiger charge is -2.24. The number of hydrogen-bond donors (Lipinski definition) is 1. The zero-order chi connectivity index (χ0) is 16.3. The van der Waals surface area contributed by atoms with Crippen molar-refractivity contribution in [2.24, 2.45) is 7.05 Å². The average Bonchev–Trinajstić information content (AvgIpc) is 2.88. The first kappa shape index (κ1) is 16.2. The molecule has 1 N–H and O–H groups in total. The Labute approximate surface area is 131 Å². The van der Waals surface area contributed by atoms with Crippen molar-refractivity contribution in [2.45, 2.75) is 19.9 Å². The third kappa shape index (κ3) is 3.54. The maximum absolute atomic E-state index is 5.29. The summed E-state index contributed by atoms with van der Waals surface area (Å²) in [7, 11) is 7.65. The van der Waals surface area contributed by atoms with Crippen LogP contribution in [0.2, 0.25) is 0 Å². The fourth-order valence-corrected chi connectivity index (χ4v) is 2.38. The molecule has 2 heterocycles. The number of nitrogens with one attached hydrogen (secondary N) is 1. The number of likely N-dealkylation sites (N-methyl/N-ethyl adjacent to an activating group) is 1. The summed E-state index contributed by atoms with van der Waals surface area (Å²) in [5.74, 6) is 2.10. The van der Waals surface area contributed by atoms with Crippen molar-refractivity contribution in [3.8, 4) is 5.88 Å². The summed E-state index contributed by atoms with van der Waals surface area (Å²) in [4.78, 5) is 10.9. The molecular weight excluding hydrogens is 280 g/mol. The van der Waals surface area contributed by atoms with Crippen LogP contribution in [0.4, 0.5) is 5.82 Å². The van der Waals surface area contributed by atoms with Crippen molar-refractivity contribution in [1.82, 2.24) is 24.6 Å². The topological polar surface area (TPSA) is 68.1 Å². The fraction of sp³-hybridized carbons (Fsp3) is 0.533. The van der Waals surface area contributed by atoms with Gasteiger partial charge in [-0.15, -0.1) is 0 Å². The Kier molecular flexibility index (Phi) is 4.97. The van der Waals surface area contributed by atoms with Crippen LogP contribution in [0, 0.1) is 13.8 Å². The van der Waals surface area contributed by atoms with Crippen LogP contribution in [-0.2, 0) is 7.05 Å². The number of aromatic nitrogens is 4. The van der Waals surface area contributed by atoms with Crippen LogP contribution in [0.15, 0.2) is 12.4 Å². The highest BCUT2D eigenvalue weighted by molar-refractivity contribution is 5.48. The highest BCUT2D eigenvalue weighted by Gasteiger charge is 2.17. The molecule has 0 spiro atoms. The minimum absolute atomic E-state index is 0.203. The average molecular weight is 304 g/mol. The molecule has 0 aliphatic carbocycles. The molecule has 0 amide bonds. The lowest BCUT2D eigenvalue weighted by molar-refractivity contribution is 0.311. The molecule has 0 aliphatic heterocycles. The van der Waals surface area contributed by atoms with Crippen LogP contribution in [0.25, 0.3) is 0 Å². The van der Waals surface area contributed by atoms with E-state index in [1.165, 1.54) is 0 Å². The van der Waals surface area contributed by atoms with Gasteiger partial charge in [0.05, 0.1) is 24.9 Å². The molecule has 1 atom stereocenters. The monoisotopic (exact) mass is 304 g/mol. The standard InChI is InChI=1S/C15H24N6O/c1-10-14(18-11(2)19-15(10)22-6)16-8-13(20(3)4)12-7-17-21(5)9-12/h7,9,13H,8H2,1-6H3,(H,16,18,19). The molecule has 0 saturated heterocycles. The number of nitrogens with zero attached hydrogens (tertiary/aromatic N) is 5. The lowest BCUT2D eigenvalue weighted by Crippen LogP contribution is -2.27. The van der Waals surface area contributed by atoms with Crippen molar-refractivity contribution in [3.63, 3.8) is 0 Å². The van der Waals surface area contributed by atoms with Crippen LogP contribution < -0.4 is 10.1 Å². The Morgan fingerprint density at radius 2 is 2.05 bits per heavy atom. The Bertz CT molecular complexity index is 637. The molecule has 2 aromatic rings. The van der Waals surface area contributed by atoms with Gasteiger partial charge in [-0.2, -0.15) is 10.1 Å².